The van der Waals surface area contributed by atoms with Gasteiger partial charge in [-0.25, -0.2) is 0 Å². The summed E-state index contributed by atoms with van der Waals surface area (Å²) in [5, 5.41) is 4.64. The summed E-state index contributed by atoms with van der Waals surface area (Å²) in [6.45, 7) is 6.67. The molecule has 2 aromatic heterocycles. The highest BCUT2D eigenvalue weighted by Gasteiger charge is 2.17. The minimum absolute atomic E-state index is 0.424. The number of aromatic amines is 1. The summed E-state index contributed by atoms with van der Waals surface area (Å²) in [5.74, 6) is 0. The van der Waals surface area contributed by atoms with Gasteiger partial charge in [-0.3, -0.25) is 9.25 Å². The number of unbranched alkanes of at least 4 members (excludes halogenated alkanes) is 2. The van der Waals surface area contributed by atoms with Crippen molar-refractivity contribution in [2.75, 3.05) is 0 Å². The van der Waals surface area contributed by atoms with Crippen LogP contribution in [0.5, 0.6) is 0 Å². The summed E-state index contributed by atoms with van der Waals surface area (Å²) >= 11 is 5.53. The molecule has 0 saturated carbocycles. The van der Waals surface area contributed by atoms with Crippen LogP contribution in [0.25, 0.3) is 11.2 Å². The Kier molecular flexibility index (Phi) is 5.02. The zero-order chi connectivity index (χ0) is 14.7. The molecule has 0 aliphatic rings. The molecule has 1 unspecified atom stereocenters. The standard InChI is InChI=1S/C15H26N4S/c1-5-7-8-10-11(3)19-14-13(16-15(19)20)12(9-6-2)17-18(14)4/h11H,5-10H2,1-4H3,(H,16,20). The monoisotopic (exact) mass is 294 g/mol. The molecule has 1 N–H and O–H groups in total. The van der Waals surface area contributed by atoms with Gasteiger partial charge in [0, 0.05) is 13.1 Å². The Bertz CT molecular complexity index is 620. The van der Waals surface area contributed by atoms with E-state index < -0.39 is 0 Å². The van der Waals surface area contributed by atoms with Crippen LogP contribution in [0.3, 0.4) is 0 Å². The van der Waals surface area contributed by atoms with E-state index >= 15 is 0 Å². The van der Waals surface area contributed by atoms with E-state index in [1.165, 1.54) is 25.7 Å². The molecular weight excluding hydrogens is 268 g/mol. The van der Waals surface area contributed by atoms with Gasteiger partial charge in [0.2, 0.25) is 0 Å². The van der Waals surface area contributed by atoms with Gasteiger partial charge >= 0.3 is 0 Å². The molecule has 4 nitrogen and oxygen atoms in total. The maximum Gasteiger partial charge on any atom is 0.179 e. The molecule has 2 rings (SSSR count). The van der Waals surface area contributed by atoms with E-state index in [4.69, 9.17) is 12.2 Å². The molecule has 112 valence electrons. The molecule has 0 amide bonds. The molecule has 0 aliphatic heterocycles. The number of H-pyrrole nitrogens is 1. The van der Waals surface area contributed by atoms with Crippen molar-refractivity contribution in [3.05, 3.63) is 10.5 Å². The first kappa shape index (κ1) is 15.3. The Morgan fingerprint density at radius 3 is 2.65 bits per heavy atom. The van der Waals surface area contributed by atoms with Gasteiger partial charge in [0.05, 0.1) is 5.69 Å². The maximum absolute atomic E-state index is 5.53. The molecule has 2 heterocycles. The van der Waals surface area contributed by atoms with E-state index in [2.05, 4.69) is 35.4 Å². The zero-order valence-corrected chi connectivity index (χ0v) is 13.9. The number of fused-ring (bicyclic) bond motifs is 1. The van der Waals surface area contributed by atoms with Gasteiger partial charge in [-0.05, 0) is 32.0 Å². The van der Waals surface area contributed by atoms with Crippen molar-refractivity contribution in [1.29, 1.82) is 0 Å². The largest absolute Gasteiger partial charge is 0.328 e. The fraction of sp³-hybridized carbons (Fsp3) is 0.733. The predicted octanol–water partition coefficient (Wildman–Crippen LogP) is 4.53. The fourth-order valence-corrected chi connectivity index (χ4v) is 3.25. The minimum atomic E-state index is 0.424. The highest BCUT2D eigenvalue weighted by atomic mass is 32.1. The van der Waals surface area contributed by atoms with Crippen LogP contribution in [0.1, 0.15) is 64.6 Å². The summed E-state index contributed by atoms with van der Waals surface area (Å²) in [6, 6.07) is 0.424. The second-order valence-corrected chi connectivity index (χ2v) is 6.05. The molecule has 1 atom stereocenters. The van der Waals surface area contributed by atoms with Crippen LogP contribution in [0.2, 0.25) is 0 Å². The third kappa shape index (κ3) is 2.82. The normalized spacial score (nSPS) is 13.2. The van der Waals surface area contributed by atoms with E-state index in [9.17, 15) is 0 Å². The number of hydrogen-bond donors (Lipinski definition) is 1. The van der Waals surface area contributed by atoms with Crippen LogP contribution in [-0.4, -0.2) is 19.3 Å². The zero-order valence-electron chi connectivity index (χ0n) is 13.1. The minimum Gasteiger partial charge on any atom is -0.328 e. The lowest BCUT2D eigenvalue weighted by Crippen LogP contribution is -2.08. The van der Waals surface area contributed by atoms with Crippen molar-refractivity contribution in [1.82, 2.24) is 19.3 Å². The lowest BCUT2D eigenvalue weighted by Gasteiger charge is -2.14. The first-order valence-corrected chi connectivity index (χ1v) is 8.17. The molecule has 2 aromatic rings. The van der Waals surface area contributed by atoms with Gasteiger partial charge in [0.15, 0.2) is 10.4 Å². The Balaban J connectivity index is 2.38. The number of rotatable bonds is 7. The van der Waals surface area contributed by atoms with E-state index in [1.54, 1.807) is 0 Å². The number of nitrogens with zero attached hydrogens (tertiary/aromatic N) is 3. The molecule has 0 bridgehead atoms. The van der Waals surface area contributed by atoms with E-state index in [1.807, 2.05) is 11.7 Å². The van der Waals surface area contributed by atoms with Crippen molar-refractivity contribution in [2.24, 2.45) is 7.05 Å². The molecule has 0 fully saturated rings. The second-order valence-electron chi connectivity index (χ2n) is 5.66. The molecule has 0 aliphatic carbocycles. The number of aromatic nitrogens is 4. The average molecular weight is 294 g/mol. The van der Waals surface area contributed by atoms with Crippen molar-refractivity contribution in [3.63, 3.8) is 0 Å². The first-order valence-electron chi connectivity index (χ1n) is 7.76. The smallest absolute Gasteiger partial charge is 0.179 e. The first-order chi connectivity index (χ1) is 9.60. The van der Waals surface area contributed by atoms with Crippen molar-refractivity contribution < 1.29 is 0 Å². The molecule has 20 heavy (non-hydrogen) atoms. The van der Waals surface area contributed by atoms with Crippen LogP contribution >= 0.6 is 12.2 Å². The van der Waals surface area contributed by atoms with Gasteiger partial charge in [-0.1, -0.05) is 39.5 Å². The van der Waals surface area contributed by atoms with Crippen LogP contribution in [0, 0.1) is 4.77 Å². The van der Waals surface area contributed by atoms with Crippen molar-refractivity contribution in [2.45, 2.75) is 65.3 Å². The van der Waals surface area contributed by atoms with E-state index in [0.29, 0.717) is 6.04 Å². The molecule has 5 heteroatoms. The average Bonchev–Trinajstić information content (AvgIpc) is 2.88. The summed E-state index contributed by atoms with van der Waals surface area (Å²) < 4.78 is 5.05. The summed E-state index contributed by atoms with van der Waals surface area (Å²) in [5.41, 5.74) is 3.40. The molecule has 0 radical (unpaired) electrons. The van der Waals surface area contributed by atoms with E-state index in [0.717, 1.165) is 34.5 Å². The number of imidazole rings is 1. The van der Waals surface area contributed by atoms with Crippen LogP contribution in [-0.2, 0) is 13.5 Å². The third-order valence-corrected chi connectivity index (χ3v) is 4.22. The lowest BCUT2D eigenvalue weighted by molar-refractivity contribution is 0.475. The number of hydrogen-bond acceptors (Lipinski definition) is 2. The SMILES string of the molecule is CCCCCC(C)n1c(=S)[nH]c2c(CCC)nn(C)c21. The van der Waals surface area contributed by atoms with Gasteiger partial charge in [-0.15, -0.1) is 0 Å². The highest BCUT2D eigenvalue weighted by molar-refractivity contribution is 7.71. The van der Waals surface area contributed by atoms with Crippen LogP contribution < -0.4 is 0 Å². The molecule has 0 saturated heterocycles. The van der Waals surface area contributed by atoms with Crippen LogP contribution in [0.15, 0.2) is 0 Å². The molecule has 0 aromatic carbocycles. The fourth-order valence-electron chi connectivity index (χ4n) is 2.88. The quantitative estimate of drug-likeness (QED) is 0.602. The van der Waals surface area contributed by atoms with Gasteiger partial charge in [0.25, 0.3) is 0 Å². The predicted molar refractivity (Wildman–Crippen MR) is 86.7 cm³/mol. The Morgan fingerprint density at radius 2 is 2.00 bits per heavy atom. The van der Waals surface area contributed by atoms with Crippen molar-refractivity contribution in [3.8, 4) is 0 Å². The Morgan fingerprint density at radius 1 is 1.25 bits per heavy atom. The summed E-state index contributed by atoms with van der Waals surface area (Å²) in [4.78, 5) is 3.37. The second kappa shape index (κ2) is 6.57. The number of nitrogens with one attached hydrogen (secondary N) is 1. The third-order valence-electron chi connectivity index (χ3n) is 3.92. The van der Waals surface area contributed by atoms with Crippen LogP contribution in [0.4, 0.5) is 0 Å². The van der Waals surface area contributed by atoms with Gasteiger partial charge < -0.3 is 4.98 Å². The summed E-state index contributed by atoms with van der Waals surface area (Å²) in [7, 11) is 2.01. The van der Waals surface area contributed by atoms with Gasteiger partial charge in [0.1, 0.15) is 5.52 Å². The summed E-state index contributed by atoms with van der Waals surface area (Å²) in [6.07, 6.45) is 7.07. The van der Waals surface area contributed by atoms with Gasteiger partial charge in [-0.2, -0.15) is 5.10 Å². The molecular formula is C15H26N4S. The van der Waals surface area contributed by atoms with E-state index in [-0.39, 0.29) is 0 Å². The Hall–Kier alpha value is -1.10. The Labute approximate surface area is 126 Å². The lowest BCUT2D eigenvalue weighted by atomic mass is 10.1. The molecule has 0 spiro atoms. The topological polar surface area (TPSA) is 38.5 Å². The highest BCUT2D eigenvalue weighted by Crippen LogP contribution is 2.25. The van der Waals surface area contributed by atoms with Crippen molar-refractivity contribution >= 4 is 23.4 Å². The number of aryl methyl sites for hydroxylation is 2. The maximum atomic E-state index is 5.53.